The summed E-state index contributed by atoms with van der Waals surface area (Å²) in [4.78, 5) is 18.7. The van der Waals surface area contributed by atoms with Gasteiger partial charge in [-0.2, -0.15) is 5.10 Å². The highest BCUT2D eigenvalue weighted by molar-refractivity contribution is 7.88. The average molecular weight is 377 g/mol. The van der Waals surface area contributed by atoms with Gasteiger partial charge in [0.2, 0.25) is 10.0 Å². The molecule has 1 atom stereocenters. The molecule has 140 valence electrons. The van der Waals surface area contributed by atoms with Gasteiger partial charge in [-0.1, -0.05) is 0 Å². The van der Waals surface area contributed by atoms with E-state index in [9.17, 15) is 13.2 Å². The molecule has 1 unspecified atom stereocenters. The first-order valence-electron chi connectivity index (χ1n) is 8.65. The lowest BCUT2D eigenvalue weighted by Gasteiger charge is -2.36. The number of piperidine rings is 1. The maximum atomic E-state index is 12.9. The number of sulfonamides is 1. The molecular formula is C17H23N5O3S. The van der Waals surface area contributed by atoms with Crippen LogP contribution in [-0.2, 0) is 10.0 Å². The average Bonchev–Trinajstić information content (AvgIpc) is 3.15. The fraction of sp³-hybridized carbons (Fsp3) is 0.471. The summed E-state index contributed by atoms with van der Waals surface area (Å²) in [6.45, 7) is 1.05. The van der Waals surface area contributed by atoms with Gasteiger partial charge < -0.3 is 4.90 Å². The number of aromatic nitrogens is 3. The van der Waals surface area contributed by atoms with Crippen molar-refractivity contribution in [2.75, 3.05) is 19.3 Å². The number of amides is 1. The molecule has 1 aromatic carbocycles. The molecule has 3 rings (SSSR count). The molecule has 2 heterocycles. The number of hydrogen-bond donors (Lipinski definition) is 1. The van der Waals surface area contributed by atoms with Gasteiger partial charge in [0.05, 0.1) is 11.9 Å². The lowest BCUT2D eigenvalue weighted by atomic mass is 9.98. The van der Waals surface area contributed by atoms with E-state index in [1.54, 1.807) is 23.1 Å². The highest BCUT2D eigenvalue weighted by Crippen LogP contribution is 2.22. The van der Waals surface area contributed by atoms with Crippen molar-refractivity contribution in [3.8, 4) is 5.69 Å². The second-order valence-corrected chi connectivity index (χ2v) is 8.32. The Morgan fingerprint density at radius 3 is 2.69 bits per heavy atom. The Kier molecular flexibility index (Phi) is 5.67. The van der Waals surface area contributed by atoms with Crippen LogP contribution in [0, 0.1) is 0 Å². The van der Waals surface area contributed by atoms with Crippen LogP contribution in [0.15, 0.2) is 36.9 Å². The topological polar surface area (TPSA) is 97.2 Å². The summed E-state index contributed by atoms with van der Waals surface area (Å²) in [6.07, 6.45) is 7.75. The molecule has 0 spiro atoms. The Hall–Kier alpha value is -2.26. The van der Waals surface area contributed by atoms with Crippen LogP contribution in [0.5, 0.6) is 0 Å². The van der Waals surface area contributed by atoms with E-state index >= 15 is 0 Å². The van der Waals surface area contributed by atoms with Gasteiger partial charge in [0.15, 0.2) is 0 Å². The molecule has 2 aromatic rings. The van der Waals surface area contributed by atoms with Crippen LogP contribution in [-0.4, -0.2) is 59.4 Å². The zero-order chi connectivity index (χ0) is 18.6. The third kappa shape index (κ3) is 4.67. The maximum absolute atomic E-state index is 12.9. The van der Waals surface area contributed by atoms with Crippen molar-refractivity contribution >= 4 is 15.9 Å². The van der Waals surface area contributed by atoms with E-state index in [-0.39, 0.29) is 11.9 Å². The molecule has 9 heteroatoms. The lowest BCUT2D eigenvalue weighted by Crippen LogP contribution is -2.45. The molecule has 1 N–H and O–H groups in total. The maximum Gasteiger partial charge on any atom is 0.254 e. The van der Waals surface area contributed by atoms with Crippen LogP contribution in [0.1, 0.15) is 36.0 Å². The molecule has 0 bridgehead atoms. The standard InChI is InChI=1S/C17H23N5O3S/c1-26(24,25)20-10-9-15-4-2-3-11-21(15)17(23)14-5-7-16(8-6-14)22-13-18-12-19-22/h5-8,12-13,15,20H,2-4,9-11H2,1H3. The van der Waals surface area contributed by atoms with Crippen LogP contribution in [0.4, 0.5) is 0 Å². The van der Waals surface area contributed by atoms with Gasteiger partial charge in [0.25, 0.3) is 5.91 Å². The molecule has 0 radical (unpaired) electrons. The number of nitrogens with zero attached hydrogens (tertiary/aromatic N) is 4. The van der Waals surface area contributed by atoms with Gasteiger partial charge in [0, 0.05) is 24.7 Å². The van der Waals surface area contributed by atoms with Crippen LogP contribution in [0.2, 0.25) is 0 Å². The van der Waals surface area contributed by atoms with Crippen LogP contribution in [0.25, 0.3) is 5.69 Å². The predicted molar refractivity (Wildman–Crippen MR) is 97.5 cm³/mol. The molecular weight excluding hydrogens is 354 g/mol. The minimum absolute atomic E-state index is 0.0146. The Labute approximate surface area is 153 Å². The van der Waals surface area contributed by atoms with Crippen molar-refractivity contribution in [1.29, 1.82) is 0 Å². The first-order valence-corrected chi connectivity index (χ1v) is 10.5. The van der Waals surface area contributed by atoms with E-state index in [4.69, 9.17) is 0 Å². The fourth-order valence-electron chi connectivity index (χ4n) is 3.24. The van der Waals surface area contributed by atoms with E-state index in [1.807, 2.05) is 17.0 Å². The Balaban J connectivity index is 1.67. The lowest BCUT2D eigenvalue weighted by molar-refractivity contribution is 0.0604. The molecule has 26 heavy (non-hydrogen) atoms. The summed E-state index contributed by atoms with van der Waals surface area (Å²) in [5, 5.41) is 4.07. The molecule has 1 fully saturated rings. The minimum Gasteiger partial charge on any atom is -0.336 e. The SMILES string of the molecule is CS(=O)(=O)NCCC1CCCCN1C(=O)c1ccc(-n2cncn2)cc1. The van der Waals surface area contributed by atoms with Crippen LogP contribution < -0.4 is 4.72 Å². The third-order valence-corrected chi connectivity index (χ3v) is 5.26. The number of nitrogens with one attached hydrogen (secondary N) is 1. The Morgan fingerprint density at radius 2 is 2.04 bits per heavy atom. The summed E-state index contributed by atoms with van der Waals surface area (Å²) in [6, 6.07) is 7.32. The number of likely N-dealkylation sites (tertiary alicyclic amines) is 1. The summed E-state index contributed by atoms with van der Waals surface area (Å²) in [5.74, 6) is -0.0146. The van der Waals surface area contributed by atoms with Gasteiger partial charge in [-0.05, 0) is 49.9 Å². The van der Waals surface area contributed by atoms with E-state index in [0.29, 0.717) is 25.1 Å². The summed E-state index contributed by atoms with van der Waals surface area (Å²) in [5.41, 5.74) is 1.46. The quantitative estimate of drug-likeness (QED) is 0.816. The fourth-order valence-corrected chi connectivity index (χ4v) is 3.73. The van der Waals surface area contributed by atoms with Crippen LogP contribution in [0.3, 0.4) is 0 Å². The number of carbonyl (C=O) groups excluding carboxylic acids is 1. The minimum atomic E-state index is -3.21. The first kappa shape index (κ1) is 18.5. The summed E-state index contributed by atoms with van der Waals surface area (Å²) >= 11 is 0. The number of rotatable bonds is 6. The zero-order valence-electron chi connectivity index (χ0n) is 14.7. The molecule has 1 saturated heterocycles. The monoisotopic (exact) mass is 377 g/mol. The zero-order valence-corrected chi connectivity index (χ0v) is 15.5. The molecule has 8 nitrogen and oxygen atoms in total. The largest absolute Gasteiger partial charge is 0.336 e. The highest BCUT2D eigenvalue weighted by Gasteiger charge is 2.27. The number of hydrogen-bond acceptors (Lipinski definition) is 5. The summed E-state index contributed by atoms with van der Waals surface area (Å²) < 4.78 is 26.6. The molecule has 1 aliphatic heterocycles. The van der Waals surface area contributed by atoms with Gasteiger partial charge in [-0.3, -0.25) is 4.79 Å². The van der Waals surface area contributed by atoms with Gasteiger partial charge in [0.1, 0.15) is 12.7 Å². The van der Waals surface area contributed by atoms with Crippen molar-refractivity contribution < 1.29 is 13.2 Å². The smallest absolute Gasteiger partial charge is 0.254 e. The predicted octanol–water partition coefficient (Wildman–Crippen LogP) is 1.20. The second-order valence-electron chi connectivity index (χ2n) is 6.49. The second kappa shape index (κ2) is 7.96. The molecule has 1 aliphatic rings. The van der Waals surface area contributed by atoms with Gasteiger partial charge in [-0.15, -0.1) is 0 Å². The third-order valence-electron chi connectivity index (χ3n) is 4.53. The van der Waals surface area contributed by atoms with E-state index in [2.05, 4.69) is 14.8 Å². The van der Waals surface area contributed by atoms with Gasteiger partial charge >= 0.3 is 0 Å². The summed E-state index contributed by atoms with van der Waals surface area (Å²) in [7, 11) is -3.21. The molecule has 1 amide bonds. The van der Waals surface area contributed by atoms with E-state index in [0.717, 1.165) is 31.2 Å². The Morgan fingerprint density at radius 1 is 1.27 bits per heavy atom. The van der Waals surface area contributed by atoms with Crippen molar-refractivity contribution in [1.82, 2.24) is 24.4 Å². The number of benzene rings is 1. The van der Waals surface area contributed by atoms with E-state index < -0.39 is 10.0 Å². The van der Waals surface area contributed by atoms with E-state index in [1.165, 1.54) is 6.33 Å². The molecule has 0 saturated carbocycles. The molecule has 0 aliphatic carbocycles. The van der Waals surface area contributed by atoms with Crippen molar-refractivity contribution in [2.24, 2.45) is 0 Å². The van der Waals surface area contributed by atoms with Crippen molar-refractivity contribution in [3.63, 3.8) is 0 Å². The molecule has 1 aromatic heterocycles. The van der Waals surface area contributed by atoms with Crippen LogP contribution >= 0.6 is 0 Å². The number of carbonyl (C=O) groups is 1. The normalized spacial score (nSPS) is 18.0. The Bertz CT molecular complexity index is 834. The first-order chi connectivity index (χ1) is 12.4. The highest BCUT2D eigenvalue weighted by atomic mass is 32.2. The van der Waals surface area contributed by atoms with Gasteiger partial charge in [-0.25, -0.2) is 22.8 Å². The van der Waals surface area contributed by atoms with Crippen molar-refractivity contribution in [3.05, 3.63) is 42.5 Å². The van der Waals surface area contributed by atoms with Crippen molar-refractivity contribution in [2.45, 2.75) is 31.7 Å².